The first-order valence-electron chi connectivity index (χ1n) is 9.07. The van der Waals surface area contributed by atoms with E-state index in [-0.39, 0.29) is 23.6 Å². The molecular formula is C20H23N3O3. The number of H-pyrrole nitrogens is 1. The summed E-state index contributed by atoms with van der Waals surface area (Å²) in [5, 5.41) is 0. The number of nitrogens with one attached hydrogen (secondary N) is 1. The second-order valence-corrected chi connectivity index (χ2v) is 7.14. The summed E-state index contributed by atoms with van der Waals surface area (Å²) in [4.78, 5) is 35.0. The molecule has 26 heavy (non-hydrogen) atoms. The Labute approximate surface area is 152 Å². The zero-order chi connectivity index (χ0) is 18.3. The van der Waals surface area contributed by atoms with Crippen LogP contribution in [0.3, 0.4) is 0 Å². The molecule has 2 aliphatic heterocycles. The lowest BCUT2D eigenvalue weighted by Gasteiger charge is -2.31. The first-order chi connectivity index (χ1) is 12.6. The average Bonchev–Trinajstić information content (AvgIpc) is 2.92. The molecule has 0 aliphatic carbocycles. The van der Waals surface area contributed by atoms with Gasteiger partial charge in [0, 0.05) is 37.6 Å². The number of methoxy groups -OCH3 is 1. The van der Waals surface area contributed by atoms with E-state index in [2.05, 4.69) is 9.97 Å². The second-order valence-electron chi connectivity index (χ2n) is 7.14. The third-order valence-electron chi connectivity index (χ3n) is 5.52. The van der Waals surface area contributed by atoms with Gasteiger partial charge in [-0.1, -0.05) is 30.3 Å². The molecule has 2 aliphatic rings. The maximum absolute atomic E-state index is 13.3. The number of rotatable bonds is 3. The Balaban J connectivity index is 1.67. The van der Waals surface area contributed by atoms with E-state index in [0.717, 1.165) is 29.7 Å². The minimum absolute atomic E-state index is 0.0212. The van der Waals surface area contributed by atoms with Crippen LogP contribution < -0.4 is 5.56 Å². The first kappa shape index (κ1) is 17.0. The standard InChI is InChI=1S/C20H23N3O3/c1-12-21-17-11-15-9-8-14(10-16(17)19(24)22-12)23(15)20(25)18(26-2)13-6-4-3-5-7-13/h3-7,14-15,18H,8-11H2,1-2H3,(H,21,22,24)/t14-,15+,18+/m0/s1. The quantitative estimate of drug-likeness (QED) is 0.915. The zero-order valence-electron chi connectivity index (χ0n) is 15.1. The number of amides is 1. The normalized spacial score (nSPS) is 22.6. The molecule has 3 atom stereocenters. The van der Waals surface area contributed by atoms with Gasteiger partial charge in [0.05, 0.1) is 5.69 Å². The second kappa shape index (κ2) is 6.68. The van der Waals surface area contributed by atoms with Gasteiger partial charge >= 0.3 is 0 Å². The summed E-state index contributed by atoms with van der Waals surface area (Å²) in [5.41, 5.74) is 2.35. The fourth-order valence-corrected chi connectivity index (χ4v) is 4.37. The van der Waals surface area contributed by atoms with Crippen molar-refractivity contribution in [1.29, 1.82) is 0 Å². The molecule has 0 spiro atoms. The number of carbonyl (C=O) groups excluding carboxylic acids is 1. The van der Waals surface area contributed by atoms with Crippen LogP contribution in [0.4, 0.5) is 0 Å². The molecule has 2 bridgehead atoms. The van der Waals surface area contributed by atoms with Gasteiger partial charge in [0.15, 0.2) is 6.10 Å². The molecule has 1 N–H and O–H groups in total. The molecule has 3 heterocycles. The molecular weight excluding hydrogens is 330 g/mol. The van der Waals surface area contributed by atoms with Gasteiger partial charge in [-0.05, 0) is 25.3 Å². The predicted octanol–water partition coefficient (Wildman–Crippen LogP) is 1.92. The molecule has 1 fully saturated rings. The number of benzene rings is 1. The Morgan fingerprint density at radius 3 is 2.62 bits per heavy atom. The van der Waals surface area contributed by atoms with Crippen molar-refractivity contribution in [1.82, 2.24) is 14.9 Å². The van der Waals surface area contributed by atoms with E-state index in [0.29, 0.717) is 18.7 Å². The molecule has 1 aromatic heterocycles. The van der Waals surface area contributed by atoms with E-state index in [1.165, 1.54) is 0 Å². The molecule has 6 heteroatoms. The van der Waals surface area contributed by atoms with Crippen LogP contribution in [0.25, 0.3) is 0 Å². The third kappa shape index (κ3) is 2.84. The lowest BCUT2D eigenvalue weighted by molar-refractivity contribution is -0.145. The van der Waals surface area contributed by atoms with E-state index >= 15 is 0 Å². The molecule has 2 aromatic rings. The minimum atomic E-state index is -0.617. The lowest BCUT2D eigenvalue weighted by Crippen LogP contribution is -2.44. The van der Waals surface area contributed by atoms with E-state index in [9.17, 15) is 9.59 Å². The van der Waals surface area contributed by atoms with E-state index in [1.54, 1.807) is 14.0 Å². The number of aromatic amines is 1. The minimum Gasteiger partial charge on any atom is -0.367 e. The molecule has 136 valence electrons. The van der Waals surface area contributed by atoms with Crippen molar-refractivity contribution in [2.75, 3.05) is 7.11 Å². The Morgan fingerprint density at radius 1 is 1.23 bits per heavy atom. The van der Waals surface area contributed by atoms with E-state index < -0.39 is 6.10 Å². The van der Waals surface area contributed by atoms with Gasteiger partial charge in [0.1, 0.15) is 5.82 Å². The fraction of sp³-hybridized carbons (Fsp3) is 0.450. The number of ether oxygens (including phenoxy) is 1. The number of aryl methyl sites for hydroxylation is 1. The highest BCUT2D eigenvalue weighted by molar-refractivity contribution is 5.83. The van der Waals surface area contributed by atoms with Crippen LogP contribution in [0.5, 0.6) is 0 Å². The Morgan fingerprint density at radius 2 is 1.92 bits per heavy atom. The topological polar surface area (TPSA) is 75.3 Å². The number of carbonyl (C=O) groups is 1. The van der Waals surface area contributed by atoms with Crippen LogP contribution in [0.1, 0.15) is 41.6 Å². The van der Waals surface area contributed by atoms with Crippen LogP contribution >= 0.6 is 0 Å². The summed E-state index contributed by atoms with van der Waals surface area (Å²) in [6, 6.07) is 9.67. The monoisotopic (exact) mass is 353 g/mol. The Kier molecular flexibility index (Phi) is 4.36. The largest absolute Gasteiger partial charge is 0.367 e. The average molecular weight is 353 g/mol. The summed E-state index contributed by atoms with van der Waals surface area (Å²) in [6.45, 7) is 1.80. The number of aromatic nitrogens is 2. The summed E-state index contributed by atoms with van der Waals surface area (Å²) < 4.78 is 5.56. The van der Waals surface area contributed by atoms with Crippen LogP contribution in [0, 0.1) is 6.92 Å². The smallest absolute Gasteiger partial charge is 0.256 e. The van der Waals surface area contributed by atoms with Gasteiger partial charge in [-0.2, -0.15) is 0 Å². The van der Waals surface area contributed by atoms with Gasteiger partial charge in [-0.3, -0.25) is 9.59 Å². The molecule has 1 aromatic carbocycles. The van der Waals surface area contributed by atoms with Crippen molar-refractivity contribution >= 4 is 5.91 Å². The fourth-order valence-electron chi connectivity index (χ4n) is 4.37. The highest BCUT2D eigenvalue weighted by atomic mass is 16.5. The van der Waals surface area contributed by atoms with Gasteiger partial charge in [0.2, 0.25) is 0 Å². The van der Waals surface area contributed by atoms with Crippen molar-refractivity contribution in [2.45, 2.75) is 50.8 Å². The number of hydrogen-bond acceptors (Lipinski definition) is 4. The van der Waals surface area contributed by atoms with Gasteiger partial charge < -0.3 is 14.6 Å². The summed E-state index contributed by atoms with van der Waals surface area (Å²) >= 11 is 0. The molecule has 1 amide bonds. The Hall–Kier alpha value is -2.47. The van der Waals surface area contributed by atoms with Crippen LogP contribution in [-0.2, 0) is 22.4 Å². The maximum Gasteiger partial charge on any atom is 0.256 e. The molecule has 0 unspecified atom stereocenters. The zero-order valence-corrected chi connectivity index (χ0v) is 15.1. The predicted molar refractivity (Wildman–Crippen MR) is 96.9 cm³/mol. The first-order valence-corrected chi connectivity index (χ1v) is 9.07. The highest BCUT2D eigenvalue weighted by Gasteiger charge is 2.43. The van der Waals surface area contributed by atoms with Crippen LogP contribution in [0.15, 0.2) is 35.1 Å². The summed E-state index contributed by atoms with van der Waals surface area (Å²) in [5.74, 6) is 0.607. The molecule has 4 rings (SSSR count). The summed E-state index contributed by atoms with van der Waals surface area (Å²) in [6.07, 6.45) is 2.43. The van der Waals surface area contributed by atoms with Crippen molar-refractivity contribution in [3.63, 3.8) is 0 Å². The maximum atomic E-state index is 13.3. The Bertz CT molecular complexity index is 878. The van der Waals surface area contributed by atoms with Crippen molar-refractivity contribution < 1.29 is 9.53 Å². The number of fused-ring (bicyclic) bond motifs is 3. The van der Waals surface area contributed by atoms with Crippen LogP contribution in [0.2, 0.25) is 0 Å². The lowest BCUT2D eigenvalue weighted by atomic mass is 9.98. The van der Waals surface area contributed by atoms with Crippen molar-refractivity contribution in [3.8, 4) is 0 Å². The number of hydrogen-bond donors (Lipinski definition) is 1. The number of nitrogens with zero attached hydrogens (tertiary/aromatic N) is 2. The molecule has 1 saturated heterocycles. The van der Waals surface area contributed by atoms with E-state index in [4.69, 9.17) is 4.74 Å². The molecule has 6 nitrogen and oxygen atoms in total. The SMILES string of the molecule is CO[C@@H](C(=O)N1[C@@H]2CC[C@H]1Cc1c(nc(C)[nH]c1=O)C2)c1ccccc1. The molecule has 0 saturated carbocycles. The highest BCUT2D eigenvalue weighted by Crippen LogP contribution is 2.35. The van der Waals surface area contributed by atoms with Crippen LogP contribution in [-0.4, -0.2) is 40.0 Å². The van der Waals surface area contributed by atoms with Gasteiger partial charge in [-0.25, -0.2) is 4.98 Å². The third-order valence-corrected chi connectivity index (χ3v) is 5.52. The van der Waals surface area contributed by atoms with Crippen molar-refractivity contribution in [3.05, 3.63) is 63.3 Å². The molecule has 0 radical (unpaired) electrons. The van der Waals surface area contributed by atoms with Gasteiger partial charge in [0.25, 0.3) is 11.5 Å². The van der Waals surface area contributed by atoms with Gasteiger partial charge in [-0.15, -0.1) is 0 Å². The van der Waals surface area contributed by atoms with Crippen molar-refractivity contribution in [2.24, 2.45) is 0 Å². The summed E-state index contributed by atoms with van der Waals surface area (Å²) in [7, 11) is 1.57. The van der Waals surface area contributed by atoms with E-state index in [1.807, 2.05) is 35.2 Å².